The number of nitrogens with one attached hydrogen (secondary N) is 1. The third-order valence-electron chi connectivity index (χ3n) is 3.01. The molecule has 3 N–H and O–H groups in total. The lowest BCUT2D eigenvalue weighted by atomic mass is 9.91. The Balaban J connectivity index is 2.59. The molecule has 1 aromatic rings. The Labute approximate surface area is 124 Å². The molecule has 0 spiro atoms. The van der Waals surface area contributed by atoms with Crippen molar-refractivity contribution < 1.29 is 18.1 Å². The molecule has 0 saturated heterocycles. The highest BCUT2D eigenvalue weighted by atomic mass is 35.5. The van der Waals surface area contributed by atoms with Gasteiger partial charge in [0.05, 0.1) is 11.9 Å². The fourth-order valence-corrected chi connectivity index (χ4v) is 2.56. The number of hydrogen-bond acceptors (Lipinski definition) is 4. The molecule has 0 bridgehead atoms. The minimum atomic E-state index is -3.94. The zero-order valence-corrected chi connectivity index (χ0v) is 13.1. The highest BCUT2D eigenvalue weighted by Crippen LogP contribution is 2.27. The topological polar surface area (TPSA) is 86.6 Å². The second-order valence-electron chi connectivity index (χ2n) is 5.25. The van der Waals surface area contributed by atoms with Crippen LogP contribution in [-0.2, 0) is 10.1 Å². The van der Waals surface area contributed by atoms with Gasteiger partial charge in [-0.25, -0.2) is 0 Å². The zero-order chi connectivity index (χ0) is 15.4. The summed E-state index contributed by atoms with van der Waals surface area (Å²) in [6.07, 6.45) is -0.517. The summed E-state index contributed by atoms with van der Waals surface area (Å²) in [6, 6.07) is 6.95. The van der Waals surface area contributed by atoms with Gasteiger partial charge in [-0.3, -0.25) is 4.55 Å². The Morgan fingerprint density at radius 2 is 2.05 bits per heavy atom. The Bertz CT molecular complexity index is 545. The van der Waals surface area contributed by atoms with Crippen LogP contribution >= 0.6 is 11.6 Å². The average Bonchev–Trinajstić information content (AvgIpc) is 2.32. The Morgan fingerprint density at radius 1 is 1.40 bits per heavy atom. The predicted molar refractivity (Wildman–Crippen MR) is 79.5 cm³/mol. The third-order valence-corrected chi connectivity index (χ3v) is 4.05. The van der Waals surface area contributed by atoms with Gasteiger partial charge in [-0.2, -0.15) is 8.42 Å². The van der Waals surface area contributed by atoms with Crippen molar-refractivity contribution in [3.63, 3.8) is 0 Å². The second kappa shape index (κ2) is 6.87. The highest BCUT2D eigenvalue weighted by molar-refractivity contribution is 7.85. The first-order valence-electron chi connectivity index (χ1n) is 6.25. The molecule has 0 aliphatic carbocycles. The molecular weight excluding hydrogens is 302 g/mol. The van der Waals surface area contributed by atoms with E-state index in [9.17, 15) is 13.5 Å². The number of rotatable bonds is 7. The molecule has 0 saturated carbocycles. The lowest BCUT2D eigenvalue weighted by Crippen LogP contribution is -2.45. The molecule has 0 fully saturated rings. The fourth-order valence-electron chi connectivity index (χ4n) is 1.86. The molecule has 0 radical (unpaired) electrons. The summed E-state index contributed by atoms with van der Waals surface area (Å²) >= 11 is 5.89. The van der Waals surface area contributed by atoms with Gasteiger partial charge >= 0.3 is 0 Å². The molecule has 0 aliphatic rings. The van der Waals surface area contributed by atoms with Gasteiger partial charge in [-0.15, -0.1) is 0 Å². The van der Waals surface area contributed by atoms with Crippen LogP contribution in [0.15, 0.2) is 24.3 Å². The molecule has 5 nitrogen and oxygen atoms in total. The first kappa shape index (κ1) is 17.4. The second-order valence-corrected chi connectivity index (χ2v) is 7.25. The van der Waals surface area contributed by atoms with Gasteiger partial charge in [0.1, 0.15) is 0 Å². The quantitative estimate of drug-likeness (QED) is 0.528. The molecule has 1 aromatic carbocycles. The lowest BCUT2D eigenvalue weighted by molar-refractivity contribution is 0.0806. The van der Waals surface area contributed by atoms with E-state index in [-0.39, 0.29) is 12.2 Å². The minimum absolute atomic E-state index is 0.268. The van der Waals surface area contributed by atoms with Gasteiger partial charge in [-0.05, 0) is 44.5 Å². The lowest BCUT2D eigenvalue weighted by Gasteiger charge is -2.32. The molecule has 7 heteroatoms. The van der Waals surface area contributed by atoms with Gasteiger partial charge in [0, 0.05) is 10.6 Å². The van der Waals surface area contributed by atoms with Crippen molar-refractivity contribution in [2.75, 3.05) is 12.3 Å². The van der Waals surface area contributed by atoms with Crippen LogP contribution in [0, 0.1) is 0 Å². The molecule has 0 amide bonds. The van der Waals surface area contributed by atoms with Crippen molar-refractivity contribution in [3.8, 4) is 0 Å². The molecule has 1 unspecified atom stereocenters. The third kappa shape index (κ3) is 5.76. The molecule has 1 atom stereocenters. The van der Waals surface area contributed by atoms with E-state index in [1.807, 2.05) is 13.8 Å². The van der Waals surface area contributed by atoms with Crippen molar-refractivity contribution in [3.05, 3.63) is 34.9 Å². The monoisotopic (exact) mass is 321 g/mol. The maximum Gasteiger partial charge on any atom is 0.264 e. The van der Waals surface area contributed by atoms with Crippen LogP contribution in [0.5, 0.6) is 0 Å². The van der Waals surface area contributed by atoms with E-state index in [0.29, 0.717) is 17.1 Å². The van der Waals surface area contributed by atoms with Crippen LogP contribution in [0.1, 0.15) is 31.9 Å². The smallest absolute Gasteiger partial charge is 0.264 e. The average molecular weight is 322 g/mol. The molecule has 1 rings (SSSR count). The van der Waals surface area contributed by atoms with E-state index in [1.165, 1.54) is 0 Å². The van der Waals surface area contributed by atoms with Crippen molar-refractivity contribution in [2.45, 2.75) is 31.9 Å². The SMILES string of the molecule is CC(C)(NCCCS(=O)(=O)O)C(O)c1cccc(Cl)c1. The van der Waals surface area contributed by atoms with Gasteiger partial charge < -0.3 is 10.4 Å². The summed E-state index contributed by atoms with van der Waals surface area (Å²) in [6.45, 7) is 3.99. The van der Waals surface area contributed by atoms with Gasteiger partial charge in [0.15, 0.2) is 0 Å². The molecule has 0 heterocycles. The largest absolute Gasteiger partial charge is 0.387 e. The number of aliphatic hydroxyl groups excluding tert-OH is 1. The minimum Gasteiger partial charge on any atom is -0.387 e. The molecule has 114 valence electrons. The van der Waals surface area contributed by atoms with Crippen LogP contribution in [0.25, 0.3) is 0 Å². The summed E-state index contributed by atoms with van der Waals surface area (Å²) in [5.74, 6) is -0.302. The van der Waals surface area contributed by atoms with Crippen LogP contribution in [-0.4, -0.2) is 35.9 Å². The zero-order valence-electron chi connectivity index (χ0n) is 11.5. The van der Waals surface area contributed by atoms with Gasteiger partial charge in [0.2, 0.25) is 0 Å². The summed E-state index contributed by atoms with van der Waals surface area (Å²) < 4.78 is 29.9. The summed E-state index contributed by atoms with van der Waals surface area (Å²) in [5, 5.41) is 14.0. The molecule has 0 aromatic heterocycles. The number of halogens is 1. The summed E-state index contributed by atoms with van der Waals surface area (Å²) in [7, 11) is -3.94. The number of benzene rings is 1. The van der Waals surface area contributed by atoms with E-state index in [1.54, 1.807) is 24.3 Å². The fraction of sp³-hybridized carbons (Fsp3) is 0.538. The first-order chi connectivity index (χ1) is 9.12. The van der Waals surface area contributed by atoms with E-state index in [0.717, 1.165) is 0 Å². The van der Waals surface area contributed by atoms with E-state index < -0.39 is 21.8 Å². The van der Waals surface area contributed by atoms with Crippen LogP contribution in [0.2, 0.25) is 5.02 Å². The Morgan fingerprint density at radius 3 is 2.60 bits per heavy atom. The Hall–Kier alpha value is -0.660. The van der Waals surface area contributed by atoms with Crippen LogP contribution in [0.3, 0.4) is 0 Å². The van der Waals surface area contributed by atoms with E-state index in [2.05, 4.69) is 5.32 Å². The highest BCUT2D eigenvalue weighted by Gasteiger charge is 2.28. The van der Waals surface area contributed by atoms with Crippen molar-refractivity contribution in [2.24, 2.45) is 0 Å². The van der Waals surface area contributed by atoms with E-state index >= 15 is 0 Å². The number of hydrogen-bond donors (Lipinski definition) is 3. The normalized spacial score (nSPS) is 14.2. The van der Waals surface area contributed by atoms with Gasteiger partial charge in [-0.1, -0.05) is 23.7 Å². The molecular formula is C13H20ClNO4S. The van der Waals surface area contributed by atoms with Crippen LogP contribution in [0.4, 0.5) is 0 Å². The Kier molecular flexibility index (Phi) is 5.97. The number of aliphatic hydroxyl groups is 1. The van der Waals surface area contributed by atoms with E-state index in [4.69, 9.17) is 16.2 Å². The predicted octanol–water partition coefficient (Wildman–Crippen LogP) is 2.02. The van der Waals surface area contributed by atoms with Gasteiger partial charge in [0.25, 0.3) is 10.1 Å². The van der Waals surface area contributed by atoms with Crippen molar-refractivity contribution >= 4 is 21.7 Å². The van der Waals surface area contributed by atoms with Crippen molar-refractivity contribution in [1.82, 2.24) is 5.32 Å². The summed E-state index contributed by atoms with van der Waals surface area (Å²) in [4.78, 5) is 0. The maximum absolute atomic E-state index is 10.6. The maximum atomic E-state index is 10.6. The standard InChI is InChI=1S/C13H20ClNO4S/c1-13(2,15-7-4-8-20(17,18)19)12(16)10-5-3-6-11(14)9-10/h3,5-6,9,12,15-16H,4,7-8H2,1-2H3,(H,17,18,19). The first-order valence-corrected chi connectivity index (χ1v) is 8.24. The van der Waals surface area contributed by atoms with Crippen molar-refractivity contribution in [1.29, 1.82) is 0 Å². The molecule has 20 heavy (non-hydrogen) atoms. The molecule has 0 aliphatic heterocycles. The van der Waals surface area contributed by atoms with Crippen LogP contribution < -0.4 is 5.32 Å². The summed E-state index contributed by atoms with van der Waals surface area (Å²) in [5.41, 5.74) is 0.0361.